The van der Waals surface area contributed by atoms with Crippen molar-refractivity contribution in [3.8, 4) is 0 Å². The Morgan fingerprint density at radius 1 is 1.33 bits per heavy atom. The number of aliphatic imine (C=N–C) groups is 1. The molecular formula is C18H28ClN3OS. The molecule has 0 heterocycles. The minimum Gasteiger partial charge on any atom is -0.356 e. The first-order chi connectivity index (χ1) is 11.3. The number of nitrogens with zero attached hydrogens (tertiary/aromatic N) is 1. The van der Waals surface area contributed by atoms with E-state index in [1.54, 1.807) is 7.05 Å². The van der Waals surface area contributed by atoms with Crippen molar-refractivity contribution in [2.24, 2.45) is 4.99 Å². The highest BCUT2D eigenvalue weighted by molar-refractivity contribution is 7.86. The fraction of sp³-hybridized carbons (Fsp3) is 0.611. The van der Waals surface area contributed by atoms with E-state index in [1.165, 1.54) is 5.56 Å². The van der Waals surface area contributed by atoms with E-state index in [4.69, 9.17) is 11.6 Å². The SMILES string of the molecule is CN=C(NCCS(=O)C(C)(C)C)NCC1(c2cccc(Cl)c2)CC1. The molecule has 2 rings (SSSR count). The van der Waals surface area contributed by atoms with Crippen LogP contribution in [0.4, 0.5) is 0 Å². The minimum absolute atomic E-state index is 0.163. The summed E-state index contributed by atoms with van der Waals surface area (Å²) >= 11 is 6.12. The van der Waals surface area contributed by atoms with Crippen molar-refractivity contribution < 1.29 is 4.21 Å². The molecule has 1 aliphatic rings. The van der Waals surface area contributed by atoms with E-state index in [1.807, 2.05) is 32.9 Å². The third kappa shape index (κ3) is 5.21. The quantitative estimate of drug-likeness (QED) is 0.598. The number of rotatable bonds is 6. The highest BCUT2D eigenvalue weighted by Gasteiger charge is 2.44. The van der Waals surface area contributed by atoms with Gasteiger partial charge in [-0.3, -0.25) is 9.20 Å². The average molecular weight is 370 g/mol. The van der Waals surface area contributed by atoms with Crippen LogP contribution in [0.15, 0.2) is 29.3 Å². The van der Waals surface area contributed by atoms with Crippen LogP contribution in [-0.4, -0.2) is 40.8 Å². The summed E-state index contributed by atoms with van der Waals surface area (Å²) in [5, 5.41) is 7.44. The van der Waals surface area contributed by atoms with Crippen LogP contribution >= 0.6 is 11.6 Å². The predicted molar refractivity (Wildman–Crippen MR) is 104 cm³/mol. The van der Waals surface area contributed by atoms with Gasteiger partial charge in [0.05, 0.1) is 0 Å². The lowest BCUT2D eigenvalue weighted by Crippen LogP contribution is -2.43. The number of hydrogen-bond donors (Lipinski definition) is 2. The Labute approximate surface area is 152 Å². The Hall–Kier alpha value is -1.07. The molecule has 0 aliphatic heterocycles. The summed E-state index contributed by atoms with van der Waals surface area (Å²) in [5.74, 6) is 1.37. The first kappa shape index (κ1) is 19.3. The molecule has 1 saturated carbocycles. The van der Waals surface area contributed by atoms with Crippen LogP contribution < -0.4 is 10.6 Å². The van der Waals surface area contributed by atoms with Crippen LogP contribution in [0.25, 0.3) is 0 Å². The topological polar surface area (TPSA) is 53.5 Å². The molecule has 0 amide bonds. The third-order valence-corrected chi connectivity index (χ3v) is 6.55. The second-order valence-electron chi connectivity index (χ2n) is 7.31. The van der Waals surface area contributed by atoms with Gasteiger partial charge in [0.1, 0.15) is 0 Å². The monoisotopic (exact) mass is 369 g/mol. The maximum Gasteiger partial charge on any atom is 0.191 e. The summed E-state index contributed by atoms with van der Waals surface area (Å²) < 4.78 is 11.9. The first-order valence-electron chi connectivity index (χ1n) is 8.36. The summed E-state index contributed by atoms with van der Waals surface area (Å²) in [5.41, 5.74) is 1.45. The molecule has 2 N–H and O–H groups in total. The molecule has 1 atom stereocenters. The fourth-order valence-electron chi connectivity index (χ4n) is 2.58. The zero-order chi connectivity index (χ0) is 17.8. The highest BCUT2D eigenvalue weighted by Crippen LogP contribution is 2.48. The molecule has 0 radical (unpaired) electrons. The summed E-state index contributed by atoms with van der Waals surface area (Å²) in [4.78, 5) is 4.26. The highest BCUT2D eigenvalue weighted by atomic mass is 35.5. The average Bonchev–Trinajstić information content (AvgIpc) is 3.30. The zero-order valence-corrected chi connectivity index (χ0v) is 16.6. The normalized spacial score (nSPS) is 18.1. The number of guanidine groups is 1. The zero-order valence-electron chi connectivity index (χ0n) is 15.0. The predicted octanol–water partition coefficient (Wildman–Crippen LogP) is 3.08. The van der Waals surface area contributed by atoms with E-state index in [0.29, 0.717) is 12.3 Å². The van der Waals surface area contributed by atoms with E-state index in [-0.39, 0.29) is 10.2 Å². The molecule has 4 nitrogen and oxygen atoms in total. The van der Waals surface area contributed by atoms with Gasteiger partial charge in [-0.25, -0.2) is 0 Å². The largest absolute Gasteiger partial charge is 0.356 e. The lowest BCUT2D eigenvalue weighted by atomic mass is 9.96. The number of benzene rings is 1. The number of halogens is 1. The molecule has 1 unspecified atom stereocenters. The van der Waals surface area contributed by atoms with Gasteiger partial charge in [0, 0.05) is 51.9 Å². The van der Waals surface area contributed by atoms with Gasteiger partial charge < -0.3 is 10.6 Å². The molecule has 0 bridgehead atoms. The summed E-state index contributed by atoms with van der Waals surface area (Å²) in [6.45, 7) is 7.47. The van der Waals surface area contributed by atoms with Crippen LogP contribution in [0, 0.1) is 0 Å². The first-order valence-corrected chi connectivity index (χ1v) is 10.1. The second kappa shape index (κ2) is 7.87. The molecule has 134 valence electrons. The summed E-state index contributed by atoms with van der Waals surface area (Å²) in [6.07, 6.45) is 2.32. The minimum atomic E-state index is -0.857. The fourth-order valence-corrected chi connectivity index (χ4v) is 3.67. The standard InChI is InChI=1S/C18H28ClN3OS/c1-17(2,3)24(23)11-10-21-16(20-4)22-13-18(8-9-18)14-6-5-7-15(19)12-14/h5-7,12H,8-11,13H2,1-4H3,(H2,20,21,22). The van der Waals surface area contributed by atoms with Crippen molar-refractivity contribution >= 4 is 28.4 Å². The molecule has 1 fully saturated rings. The van der Waals surface area contributed by atoms with Gasteiger partial charge in [-0.1, -0.05) is 23.7 Å². The molecule has 0 spiro atoms. The summed E-state index contributed by atoms with van der Waals surface area (Å²) in [6, 6.07) is 8.11. The molecule has 1 aromatic carbocycles. The van der Waals surface area contributed by atoms with Crippen molar-refractivity contribution in [3.05, 3.63) is 34.9 Å². The Balaban J connectivity index is 1.83. The summed E-state index contributed by atoms with van der Waals surface area (Å²) in [7, 11) is 0.902. The van der Waals surface area contributed by atoms with E-state index in [9.17, 15) is 4.21 Å². The van der Waals surface area contributed by atoms with E-state index in [2.05, 4.69) is 27.8 Å². The Bertz CT molecular complexity index is 621. The number of nitrogens with one attached hydrogen (secondary N) is 2. The number of hydrogen-bond acceptors (Lipinski definition) is 2. The van der Waals surface area contributed by atoms with E-state index < -0.39 is 10.8 Å². The van der Waals surface area contributed by atoms with Crippen molar-refractivity contribution in [1.29, 1.82) is 0 Å². The Morgan fingerprint density at radius 3 is 2.58 bits per heavy atom. The molecule has 6 heteroatoms. The van der Waals surface area contributed by atoms with Crippen molar-refractivity contribution in [1.82, 2.24) is 10.6 Å². The van der Waals surface area contributed by atoms with Gasteiger partial charge >= 0.3 is 0 Å². The molecule has 1 aliphatic carbocycles. The van der Waals surface area contributed by atoms with Crippen LogP contribution in [0.5, 0.6) is 0 Å². The Kier molecular flexibility index (Phi) is 6.32. The maximum atomic E-state index is 12.1. The van der Waals surface area contributed by atoms with Crippen LogP contribution in [0.3, 0.4) is 0 Å². The molecule has 24 heavy (non-hydrogen) atoms. The second-order valence-corrected chi connectivity index (χ2v) is 10.1. The molecule has 0 aromatic heterocycles. The Morgan fingerprint density at radius 2 is 2.04 bits per heavy atom. The van der Waals surface area contributed by atoms with Gasteiger partial charge in [0.25, 0.3) is 0 Å². The van der Waals surface area contributed by atoms with Crippen LogP contribution in [-0.2, 0) is 16.2 Å². The lowest BCUT2D eigenvalue weighted by molar-refractivity contribution is 0.641. The molecular weight excluding hydrogens is 342 g/mol. The van der Waals surface area contributed by atoms with Gasteiger partial charge in [-0.2, -0.15) is 0 Å². The van der Waals surface area contributed by atoms with Crippen LogP contribution in [0.1, 0.15) is 39.2 Å². The van der Waals surface area contributed by atoms with Crippen LogP contribution in [0.2, 0.25) is 5.02 Å². The third-order valence-electron chi connectivity index (χ3n) is 4.37. The maximum absolute atomic E-state index is 12.1. The van der Waals surface area contributed by atoms with Crippen molar-refractivity contribution in [3.63, 3.8) is 0 Å². The van der Waals surface area contributed by atoms with E-state index in [0.717, 1.165) is 30.4 Å². The molecule has 1 aromatic rings. The van der Waals surface area contributed by atoms with Gasteiger partial charge in [-0.15, -0.1) is 0 Å². The van der Waals surface area contributed by atoms with Gasteiger partial charge in [0.15, 0.2) is 5.96 Å². The smallest absolute Gasteiger partial charge is 0.191 e. The van der Waals surface area contributed by atoms with Crippen molar-refractivity contribution in [2.45, 2.75) is 43.8 Å². The van der Waals surface area contributed by atoms with Gasteiger partial charge in [-0.05, 0) is 51.3 Å². The van der Waals surface area contributed by atoms with Crippen molar-refractivity contribution in [2.75, 3.05) is 25.9 Å². The lowest BCUT2D eigenvalue weighted by Gasteiger charge is -2.20. The van der Waals surface area contributed by atoms with Gasteiger partial charge in [0.2, 0.25) is 0 Å². The molecule has 0 saturated heterocycles. The van der Waals surface area contributed by atoms with E-state index >= 15 is 0 Å².